The molecule has 1 atom stereocenters. The van der Waals surface area contributed by atoms with Crippen LogP contribution in [0.2, 0.25) is 5.02 Å². The molecule has 0 saturated heterocycles. The molecule has 0 fully saturated rings. The minimum absolute atomic E-state index is 0.391. The van der Waals surface area contributed by atoms with Crippen molar-refractivity contribution in [3.05, 3.63) is 64.7 Å². The van der Waals surface area contributed by atoms with Gasteiger partial charge in [0.05, 0.1) is 14.2 Å². The van der Waals surface area contributed by atoms with Crippen molar-refractivity contribution in [2.24, 2.45) is 0 Å². The van der Waals surface area contributed by atoms with Crippen LogP contribution in [-0.4, -0.2) is 26.7 Å². The number of rotatable bonds is 6. The van der Waals surface area contributed by atoms with Gasteiger partial charge >= 0.3 is 12.4 Å². The first kappa shape index (κ1) is 16.8. The second-order valence-electron chi connectivity index (χ2n) is 4.59. The van der Waals surface area contributed by atoms with E-state index in [0.29, 0.717) is 21.9 Å². The molecule has 1 unspecified atom stereocenters. The van der Waals surface area contributed by atoms with Crippen molar-refractivity contribution in [2.45, 2.75) is 5.60 Å². The van der Waals surface area contributed by atoms with Crippen molar-refractivity contribution in [1.29, 1.82) is 0 Å². The maximum atomic E-state index is 12.5. The summed E-state index contributed by atoms with van der Waals surface area (Å²) in [7, 11) is 2.74. The van der Waals surface area contributed by atoms with E-state index in [4.69, 9.17) is 25.8 Å². The van der Waals surface area contributed by atoms with E-state index in [-0.39, 0.29) is 0 Å². The molecule has 23 heavy (non-hydrogen) atoms. The molecule has 0 aliphatic rings. The molecule has 0 amide bonds. The van der Waals surface area contributed by atoms with Gasteiger partial charge in [0.15, 0.2) is 0 Å². The van der Waals surface area contributed by atoms with Crippen LogP contribution in [0.1, 0.15) is 11.1 Å². The van der Waals surface area contributed by atoms with E-state index in [0.717, 1.165) is 0 Å². The number of carbonyl (C=O) groups excluding carboxylic acids is 2. The highest BCUT2D eigenvalue weighted by Crippen LogP contribution is 2.36. The molecule has 2 aromatic carbocycles. The summed E-state index contributed by atoms with van der Waals surface area (Å²) in [5, 5.41) is 0.484. The number of carbonyl (C=O) groups is 1. The normalized spacial score (nSPS) is 12.8. The predicted octanol–water partition coefficient (Wildman–Crippen LogP) is 2.85. The molecule has 0 aliphatic carbocycles. The van der Waals surface area contributed by atoms with Gasteiger partial charge in [0.2, 0.25) is 0 Å². The summed E-state index contributed by atoms with van der Waals surface area (Å²) in [5.41, 5.74) is -0.981. The minimum Gasteiger partial charge on any atom is -0.497 e. The number of hydrogen-bond acceptors (Lipinski definition) is 5. The lowest BCUT2D eigenvalue weighted by Gasteiger charge is -2.29. The summed E-state index contributed by atoms with van der Waals surface area (Å²) in [6.07, 6.45) is 0. The standard InChI is InChI=1S/C17H14ClO5/c1-21-15-9-5-13(6-10-15)17(23-11-19,16(20)22-2)12-3-7-14(18)8-4-12/h3-10H,1-2H3. The van der Waals surface area contributed by atoms with Gasteiger partial charge in [-0.25, -0.2) is 9.59 Å². The molecule has 1 radical (unpaired) electrons. The van der Waals surface area contributed by atoms with Gasteiger partial charge in [-0.15, -0.1) is 0 Å². The van der Waals surface area contributed by atoms with Gasteiger partial charge in [0.25, 0.3) is 5.60 Å². The van der Waals surface area contributed by atoms with Gasteiger partial charge in [0, 0.05) is 16.1 Å². The molecule has 0 aromatic heterocycles. The molecule has 0 N–H and O–H groups in total. The van der Waals surface area contributed by atoms with Crippen LogP contribution in [0.4, 0.5) is 0 Å². The number of halogens is 1. The lowest BCUT2D eigenvalue weighted by molar-refractivity contribution is -0.157. The van der Waals surface area contributed by atoms with Crippen molar-refractivity contribution in [1.82, 2.24) is 0 Å². The predicted molar refractivity (Wildman–Crippen MR) is 84.0 cm³/mol. The van der Waals surface area contributed by atoms with Crippen LogP contribution >= 0.6 is 11.6 Å². The van der Waals surface area contributed by atoms with E-state index >= 15 is 0 Å². The van der Waals surface area contributed by atoms with Crippen LogP contribution in [-0.2, 0) is 24.7 Å². The third-order valence-electron chi connectivity index (χ3n) is 3.41. The van der Waals surface area contributed by atoms with Gasteiger partial charge in [-0.1, -0.05) is 35.9 Å². The Hall–Kier alpha value is -2.53. The summed E-state index contributed by atoms with van der Waals surface area (Å²) in [4.78, 5) is 23.4. The average Bonchev–Trinajstić information content (AvgIpc) is 2.60. The first-order valence-electron chi connectivity index (χ1n) is 6.62. The van der Waals surface area contributed by atoms with E-state index < -0.39 is 11.6 Å². The molecule has 0 aliphatic heterocycles. The van der Waals surface area contributed by atoms with E-state index in [1.165, 1.54) is 20.7 Å². The summed E-state index contributed by atoms with van der Waals surface area (Å²) in [6, 6.07) is 12.9. The molecule has 0 saturated carbocycles. The molecule has 2 aromatic rings. The van der Waals surface area contributed by atoms with Gasteiger partial charge in [-0.3, -0.25) is 0 Å². The van der Waals surface area contributed by atoms with Crippen LogP contribution < -0.4 is 4.74 Å². The van der Waals surface area contributed by atoms with Crippen LogP contribution in [0, 0.1) is 0 Å². The molecular weight excluding hydrogens is 320 g/mol. The van der Waals surface area contributed by atoms with Crippen molar-refractivity contribution in [3.8, 4) is 5.75 Å². The first-order chi connectivity index (χ1) is 11.1. The number of benzene rings is 2. The van der Waals surface area contributed by atoms with Crippen LogP contribution in [0.5, 0.6) is 5.75 Å². The third-order valence-corrected chi connectivity index (χ3v) is 3.67. The van der Waals surface area contributed by atoms with E-state index in [1.54, 1.807) is 48.5 Å². The summed E-state index contributed by atoms with van der Waals surface area (Å²) < 4.78 is 15.1. The second kappa shape index (κ2) is 7.15. The zero-order valence-corrected chi connectivity index (χ0v) is 13.3. The largest absolute Gasteiger partial charge is 0.497 e. The number of esters is 1. The van der Waals surface area contributed by atoms with Crippen LogP contribution in [0.3, 0.4) is 0 Å². The molecule has 0 spiro atoms. The maximum Gasteiger partial charge on any atom is 0.419 e. The summed E-state index contributed by atoms with van der Waals surface area (Å²) in [6.45, 7) is 1.35. The van der Waals surface area contributed by atoms with Crippen molar-refractivity contribution >= 4 is 24.0 Å². The number of ether oxygens (including phenoxy) is 3. The van der Waals surface area contributed by atoms with E-state index in [9.17, 15) is 9.59 Å². The Morgan fingerprint density at radius 1 is 1.00 bits per heavy atom. The molecular formula is C17H14ClO5. The van der Waals surface area contributed by atoms with Crippen molar-refractivity contribution < 1.29 is 23.8 Å². The number of methoxy groups -OCH3 is 2. The minimum atomic E-state index is -1.77. The van der Waals surface area contributed by atoms with Gasteiger partial charge < -0.3 is 14.2 Å². The fraction of sp³-hybridized carbons (Fsp3) is 0.176. The zero-order valence-electron chi connectivity index (χ0n) is 12.5. The topological polar surface area (TPSA) is 61.8 Å². The highest BCUT2D eigenvalue weighted by Gasteiger charge is 2.46. The Labute approximate surface area is 138 Å². The van der Waals surface area contributed by atoms with Gasteiger partial charge in [-0.2, -0.15) is 0 Å². The van der Waals surface area contributed by atoms with Crippen molar-refractivity contribution in [3.63, 3.8) is 0 Å². The van der Waals surface area contributed by atoms with E-state index in [2.05, 4.69) is 0 Å². The smallest absolute Gasteiger partial charge is 0.419 e. The second-order valence-corrected chi connectivity index (χ2v) is 5.03. The molecule has 5 nitrogen and oxygen atoms in total. The van der Waals surface area contributed by atoms with Crippen LogP contribution in [0.15, 0.2) is 48.5 Å². The lowest BCUT2D eigenvalue weighted by atomic mass is 9.86. The Balaban J connectivity index is 2.67. The third kappa shape index (κ3) is 3.14. The highest BCUT2D eigenvalue weighted by atomic mass is 35.5. The molecule has 6 heteroatoms. The maximum absolute atomic E-state index is 12.5. The molecule has 119 valence electrons. The summed E-state index contributed by atoms with van der Waals surface area (Å²) in [5.74, 6) is -0.160. The summed E-state index contributed by atoms with van der Waals surface area (Å²) >= 11 is 5.89. The van der Waals surface area contributed by atoms with Gasteiger partial charge in [-0.05, 0) is 24.3 Å². The van der Waals surface area contributed by atoms with Crippen molar-refractivity contribution in [2.75, 3.05) is 14.2 Å². The average molecular weight is 334 g/mol. The fourth-order valence-corrected chi connectivity index (χ4v) is 2.40. The monoisotopic (exact) mass is 333 g/mol. The first-order valence-corrected chi connectivity index (χ1v) is 7.00. The van der Waals surface area contributed by atoms with Crippen LogP contribution in [0.25, 0.3) is 0 Å². The Bertz CT molecular complexity index is 681. The highest BCUT2D eigenvalue weighted by molar-refractivity contribution is 6.30. The molecule has 0 bridgehead atoms. The van der Waals surface area contributed by atoms with E-state index in [1.807, 2.05) is 0 Å². The number of hydrogen-bond donors (Lipinski definition) is 0. The Morgan fingerprint density at radius 3 is 1.96 bits per heavy atom. The fourth-order valence-electron chi connectivity index (χ4n) is 2.28. The zero-order chi connectivity index (χ0) is 16.9. The SMILES string of the molecule is COC(=O)C(O[C]=O)(c1ccc(Cl)cc1)c1ccc(OC)cc1. The van der Waals surface area contributed by atoms with Gasteiger partial charge in [0.1, 0.15) is 5.75 Å². The Morgan fingerprint density at radius 2 is 1.52 bits per heavy atom. The Kier molecular flexibility index (Phi) is 5.24. The quantitative estimate of drug-likeness (QED) is 0.761. The molecule has 2 rings (SSSR count). The molecule has 0 heterocycles. The lowest BCUT2D eigenvalue weighted by Crippen LogP contribution is -2.40.